The molecule has 2 aromatic heterocycles. The highest BCUT2D eigenvalue weighted by atomic mass is 19.4. The van der Waals surface area contributed by atoms with Gasteiger partial charge in [-0.1, -0.05) is 60.7 Å². The number of nitriles is 8. The molecule has 76 heavy (non-hydrogen) atoms. The maximum Gasteiger partial charge on any atom is 0.417 e. The van der Waals surface area contributed by atoms with Gasteiger partial charge in [0.25, 0.3) is 0 Å². The van der Waals surface area contributed by atoms with Crippen LogP contribution < -0.4 is 0 Å². The van der Waals surface area contributed by atoms with Gasteiger partial charge in [0.1, 0.15) is 0 Å². The molecule has 11 rings (SSSR count). The van der Waals surface area contributed by atoms with E-state index in [1.807, 2.05) is 100 Å². The Morgan fingerprint density at radius 1 is 0.316 bits per heavy atom. The summed E-state index contributed by atoms with van der Waals surface area (Å²) >= 11 is 0. The van der Waals surface area contributed by atoms with Crippen molar-refractivity contribution in [2.75, 3.05) is 0 Å². The quantitative estimate of drug-likeness (QED) is 0.157. The van der Waals surface area contributed by atoms with Crippen LogP contribution in [-0.2, 0) is 6.18 Å². The molecule has 350 valence electrons. The first-order chi connectivity index (χ1) is 36.9. The molecule has 13 heteroatoms. The van der Waals surface area contributed by atoms with Crippen LogP contribution in [0.5, 0.6) is 0 Å². The number of nitrogens with zero attached hydrogens (tertiary/aromatic N) is 10. The highest BCUT2D eigenvalue weighted by Crippen LogP contribution is 2.46. The fraction of sp³-hybridized carbons (Fsp3) is 0.0159. The predicted molar refractivity (Wildman–Crippen MR) is 280 cm³/mol. The Morgan fingerprint density at radius 2 is 0.711 bits per heavy atom. The number of para-hydroxylation sites is 2. The van der Waals surface area contributed by atoms with Crippen LogP contribution in [0.4, 0.5) is 13.2 Å². The van der Waals surface area contributed by atoms with Crippen LogP contribution in [0.3, 0.4) is 0 Å². The van der Waals surface area contributed by atoms with Crippen LogP contribution in [0.15, 0.2) is 164 Å². The van der Waals surface area contributed by atoms with Gasteiger partial charge in [-0.25, -0.2) is 0 Å². The van der Waals surface area contributed by atoms with Crippen molar-refractivity contribution in [3.63, 3.8) is 0 Å². The summed E-state index contributed by atoms with van der Waals surface area (Å²) in [5.74, 6) is 0. The lowest BCUT2D eigenvalue weighted by atomic mass is 9.91. The summed E-state index contributed by atoms with van der Waals surface area (Å²) in [5, 5.41) is 83.5. The Hall–Kier alpha value is -11.7. The molecule has 0 amide bonds. The van der Waals surface area contributed by atoms with Crippen LogP contribution in [-0.4, -0.2) is 9.13 Å². The zero-order chi connectivity index (χ0) is 53.0. The van der Waals surface area contributed by atoms with Gasteiger partial charge in [-0.3, -0.25) is 0 Å². The summed E-state index contributed by atoms with van der Waals surface area (Å²) in [6.07, 6.45) is -4.86. The topological polar surface area (TPSA) is 200 Å². The lowest BCUT2D eigenvalue weighted by Gasteiger charge is -2.21. The first-order valence-corrected chi connectivity index (χ1v) is 23.1. The smallest absolute Gasteiger partial charge is 0.309 e. The second-order valence-corrected chi connectivity index (χ2v) is 17.7. The van der Waals surface area contributed by atoms with Gasteiger partial charge < -0.3 is 9.13 Å². The van der Waals surface area contributed by atoms with Gasteiger partial charge in [0.2, 0.25) is 0 Å². The van der Waals surface area contributed by atoms with Gasteiger partial charge >= 0.3 is 6.18 Å². The van der Waals surface area contributed by atoms with E-state index in [2.05, 4.69) is 30.3 Å². The van der Waals surface area contributed by atoms with Gasteiger partial charge in [0.15, 0.2) is 0 Å². The lowest BCUT2D eigenvalue weighted by molar-refractivity contribution is -0.137. The molecule has 0 bridgehead atoms. The zero-order valence-electron chi connectivity index (χ0n) is 39.2. The molecule has 0 spiro atoms. The van der Waals surface area contributed by atoms with Crippen molar-refractivity contribution in [1.82, 2.24) is 9.13 Å². The molecule has 0 N–H and O–H groups in total. The summed E-state index contributed by atoms with van der Waals surface area (Å²) in [5.41, 5.74) is 6.35. The molecule has 10 nitrogen and oxygen atoms in total. The number of aromatic nitrogens is 2. The Labute approximate surface area is 430 Å². The number of benzene rings is 9. The Bertz CT molecular complexity index is 4680. The molecule has 0 radical (unpaired) electrons. The van der Waals surface area contributed by atoms with Crippen molar-refractivity contribution in [3.8, 4) is 104 Å². The molecule has 0 aliphatic heterocycles. The van der Waals surface area contributed by atoms with E-state index in [4.69, 9.17) is 0 Å². The van der Waals surface area contributed by atoms with Crippen molar-refractivity contribution >= 4 is 43.6 Å². The van der Waals surface area contributed by atoms with E-state index in [1.165, 1.54) is 36.4 Å². The monoisotopic (exact) mass is 980 g/mol. The van der Waals surface area contributed by atoms with Gasteiger partial charge in [-0.2, -0.15) is 55.3 Å². The Kier molecular flexibility index (Phi) is 11.1. The SMILES string of the molecule is N#Cc1cc(C#N)c(-c2ccc3c(c2)c2ccccc2n3-c2ccc(C#N)cc2-c2cc(-c3ccc(C#N)cc3C(F)(F)F)ccc2-n2c3ccccc3c3cc(-c4c(C#N)cc(C#N)cc4C#N)ccc32)c(C#N)c1. The van der Waals surface area contributed by atoms with E-state index in [9.17, 15) is 42.1 Å². The van der Waals surface area contributed by atoms with Gasteiger partial charge in [0, 0.05) is 43.8 Å². The number of alkyl halides is 3. The van der Waals surface area contributed by atoms with Gasteiger partial charge in [0.05, 0.1) is 132 Å². The van der Waals surface area contributed by atoms with Crippen molar-refractivity contribution in [2.24, 2.45) is 0 Å². The predicted octanol–water partition coefficient (Wildman–Crippen LogP) is 14.5. The fourth-order valence-electron chi connectivity index (χ4n) is 10.4. The Morgan fingerprint density at radius 3 is 1.16 bits per heavy atom. The minimum absolute atomic E-state index is 0.136. The molecule has 11 aromatic rings. The first kappa shape index (κ1) is 46.7. The fourth-order valence-corrected chi connectivity index (χ4v) is 10.4. The first-order valence-electron chi connectivity index (χ1n) is 23.1. The lowest BCUT2D eigenvalue weighted by Crippen LogP contribution is -2.08. The normalized spacial score (nSPS) is 11.0. The summed E-state index contributed by atoms with van der Waals surface area (Å²) < 4.78 is 49.2. The number of rotatable bonds is 6. The molecule has 0 unspecified atom stereocenters. The highest BCUT2D eigenvalue weighted by molar-refractivity contribution is 6.13. The second-order valence-electron chi connectivity index (χ2n) is 17.7. The van der Waals surface area contributed by atoms with E-state index in [1.54, 1.807) is 48.5 Å². The van der Waals surface area contributed by atoms with Crippen molar-refractivity contribution < 1.29 is 13.2 Å². The van der Waals surface area contributed by atoms with E-state index >= 15 is 13.2 Å². The highest BCUT2D eigenvalue weighted by Gasteiger charge is 2.35. The standard InChI is InChI=1S/C63H27F3N10/c64-63(65,66)54-24-37(29-68)9-14-47(54)40-11-16-60(76-56-8-4-2-6-49(56)52-27-42(13-18-59(52)76)62-45(34-73)21-39(31-70)22-46(62)35-74)53(25-40)50-23-36(28-67)10-15-57(50)75-55-7-3-1-5-48(55)51-26-41(12-17-58(51)75)61-43(32-71)19-38(30-69)20-44(61)33-72/h1-27H. The van der Waals surface area contributed by atoms with Gasteiger partial charge in [-0.15, -0.1) is 0 Å². The zero-order valence-corrected chi connectivity index (χ0v) is 39.2. The number of fused-ring (bicyclic) bond motifs is 6. The van der Waals surface area contributed by atoms with Crippen LogP contribution in [0.2, 0.25) is 0 Å². The minimum atomic E-state index is -4.86. The van der Waals surface area contributed by atoms with E-state index in [0.29, 0.717) is 72.2 Å². The van der Waals surface area contributed by atoms with Crippen LogP contribution in [0, 0.1) is 90.6 Å². The molecule has 0 saturated carbocycles. The number of hydrogen-bond donors (Lipinski definition) is 0. The molecule has 0 fully saturated rings. The van der Waals surface area contributed by atoms with E-state index in [-0.39, 0.29) is 55.6 Å². The maximum atomic E-state index is 15.1. The average Bonchev–Trinajstić information content (AvgIpc) is 3.97. The summed E-state index contributed by atoms with van der Waals surface area (Å²) in [4.78, 5) is 0. The third kappa shape index (κ3) is 7.44. The molecule has 2 heterocycles. The molecule has 0 atom stereocenters. The molecular weight excluding hydrogens is 954 g/mol. The van der Waals surface area contributed by atoms with Gasteiger partial charge in [-0.05, 0) is 125 Å². The second kappa shape index (κ2) is 18.2. The van der Waals surface area contributed by atoms with Crippen LogP contribution in [0.25, 0.3) is 99.5 Å². The van der Waals surface area contributed by atoms with Crippen molar-refractivity contribution in [3.05, 3.63) is 214 Å². The minimum Gasteiger partial charge on any atom is -0.309 e. The largest absolute Gasteiger partial charge is 0.417 e. The molecule has 0 aliphatic carbocycles. The molecule has 0 aliphatic rings. The maximum absolute atomic E-state index is 15.1. The molecule has 0 saturated heterocycles. The van der Waals surface area contributed by atoms with E-state index in [0.717, 1.165) is 22.2 Å². The summed E-state index contributed by atoms with van der Waals surface area (Å²) in [7, 11) is 0. The van der Waals surface area contributed by atoms with E-state index < -0.39 is 11.7 Å². The average molecular weight is 981 g/mol. The summed E-state index contributed by atoms with van der Waals surface area (Å²) in [6, 6.07) is 62.0. The summed E-state index contributed by atoms with van der Waals surface area (Å²) in [6.45, 7) is 0. The third-order valence-corrected chi connectivity index (χ3v) is 13.6. The van der Waals surface area contributed by atoms with Crippen molar-refractivity contribution in [2.45, 2.75) is 6.18 Å². The number of hydrogen-bond acceptors (Lipinski definition) is 8. The van der Waals surface area contributed by atoms with Crippen LogP contribution >= 0.6 is 0 Å². The third-order valence-electron chi connectivity index (χ3n) is 13.6. The molecule has 9 aromatic carbocycles. The van der Waals surface area contributed by atoms with Crippen molar-refractivity contribution in [1.29, 1.82) is 42.1 Å². The molecular formula is C63H27F3N10. The Balaban J connectivity index is 1.23. The van der Waals surface area contributed by atoms with Crippen LogP contribution in [0.1, 0.15) is 50.1 Å². The number of halogens is 3.